The van der Waals surface area contributed by atoms with E-state index >= 15 is 0 Å². The Bertz CT molecular complexity index is 797. The molecular weight excluding hydrogens is 338 g/mol. The van der Waals surface area contributed by atoms with Crippen LogP contribution in [0.1, 0.15) is 49.5 Å². The Hall–Kier alpha value is -2.40. The van der Waals surface area contributed by atoms with Crippen LogP contribution in [-0.4, -0.2) is 33.5 Å². The van der Waals surface area contributed by atoms with Crippen LogP contribution in [0, 0.1) is 0 Å². The maximum absolute atomic E-state index is 12.9. The molecule has 1 unspecified atom stereocenters. The minimum atomic E-state index is 0.150. The van der Waals surface area contributed by atoms with E-state index in [0.717, 1.165) is 18.5 Å². The number of carbonyl (C=O) groups excluding carboxylic acids is 1. The molecule has 1 aliphatic heterocycles. The smallest absolute Gasteiger partial charge is 0.227 e. The van der Waals surface area contributed by atoms with Crippen LogP contribution in [0.3, 0.4) is 0 Å². The molecule has 142 valence electrons. The van der Waals surface area contributed by atoms with E-state index in [1.165, 1.54) is 24.1 Å². The van der Waals surface area contributed by atoms with Gasteiger partial charge in [0.1, 0.15) is 0 Å². The molecule has 1 amide bonds. The number of allylic oxidation sites excluding steroid dienone is 1. The molecule has 0 saturated carbocycles. The average molecular weight is 365 g/mol. The Morgan fingerprint density at radius 3 is 3.00 bits per heavy atom. The number of hydrogen-bond donors (Lipinski definition) is 0. The summed E-state index contributed by atoms with van der Waals surface area (Å²) in [6.45, 7) is 2.46. The number of aromatic nitrogens is 2. The number of pyridine rings is 1. The van der Waals surface area contributed by atoms with Gasteiger partial charge in [-0.15, -0.1) is 0 Å². The lowest BCUT2D eigenvalue weighted by Crippen LogP contribution is -2.42. The van der Waals surface area contributed by atoms with E-state index in [4.69, 9.17) is 4.74 Å². The van der Waals surface area contributed by atoms with Gasteiger partial charge in [0.15, 0.2) is 0 Å². The summed E-state index contributed by atoms with van der Waals surface area (Å²) < 4.78 is 8.18. The number of fused-ring (bicyclic) bond motifs is 1. The topological polar surface area (TPSA) is 47.4 Å². The van der Waals surface area contributed by atoms with Gasteiger partial charge in [-0.1, -0.05) is 17.7 Å². The number of ether oxygens (including phenoxy) is 1. The number of hydrogen-bond acceptors (Lipinski definition) is 3. The number of nitrogens with zero attached hydrogens (tertiary/aromatic N) is 3. The zero-order valence-electron chi connectivity index (χ0n) is 15.7. The van der Waals surface area contributed by atoms with Gasteiger partial charge in [0.2, 0.25) is 5.91 Å². The molecule has 0 aromatic carbocycles. The molecule has 27 heavy (non-hydrogen) atoms. The largest absolute Gasteiger partial charge is 0.373 e. The predicted octanol–water partition coefficient (Wildman–Crippen LogP) is 3.87. The van der Waals surface area contributed by atoms with Crippen molar-refractivity contribution in [2.24, 2.45) is 0 Å². The third kappa shape index (κ3) is 4.48. The second-order valence-corrected chi connectivity index (χ2v) is 7.46. The molecule has 2 aromatic rings. The first-order valence-electron chi connectivity index (χ1n) is 9.88. The molecule has 0 radical (unpaired) electrons. The molecular formula is C22H27N3O2. The molecule has 2 aromatic heterocycles. The maximum Gasteiger partial charge on any atom is 0.227 e. The number of rotatable bonds is 6. The third-order valence-corrected chi connectivity index (χ3v) is 5.45. The SMILES string of the molecule is O=C(CC1=CCCCC1)N1Cc2cccn2C(COCc2ccccn2)C1. The monoisotopic (exact) mass is 365 g/mol. The normalized spacial score (nSPS) is 19.5. The first kappa shape index (κ1) is 18.0. The fraction of sp³-hybridized carbons (Fsp3) is 0.455. The Balaban J connectivity index is 1.38. The summed E-state index contributed by atoms with van der Waals surface area (Å²) in [6, 6.07) is 10.1. The van der Waals surface area contributed by atoms with Crippen molar-refractivity contribution in [2.45, 2.75) is 51.3 Å². The van der Waals surface area contributed by atoms with E-state index in [9.17, 15) is 4.79 Å². The molecule has 1 aliphatic carbocycles. The standard InChI is InChI=1S/C22H27N3O2/c26-22(13-18-7-2-1-3-8-18)24-14-20-10-6-12-25(20)21(15-24)17-27-16-19-9-4-5-11-23-19/h4-7,9-12,21H,1-3,8,13-17H2. The third-order valence-electron chi connectivity index (χ3n) is 5.45. The van der Waals surface area contributed by atoms with E-state index in [1.54, 1.807) is 6.20 Å². The lowest BCUT2D eigenvalue weighted by Gasteiger charge is -2.35. The van der Waals surface area contributed by atoms with Crippen molar-refractivity contribution < 1.29 is 9.53 Å². The van der Waals surface area contributed by atoms with Crippen molar-refractivity contribution in [3.63, 3.8) is 0 Å². The lowest BCUT2D eigenvalue weighted by molar-refractivity contribution is -0.133. The van der Waals surface area contributed by atoms with Crippen molar-refractivity contribution in [1.29, 1.82) is 0 Å². The number of amides is 1. The first-order valence-corrected chi connectivity index (χ1v) is 9.88. The van der Waals surface area contributed by atoms with Crippen LogP contribution in [0.4, 0.5) is 0 Å². The summed E-state index contributed by atoms with van der Waals surface area (Å²) in [5.74, 6) is 0.241. The molecule has 2 aliphatic rings. The highest BCUT2D eigenvalue weighted by molar-refractivity contribution is 5.79. The summed E-state index contributed by atoms with van der Waals surface area (Å²) in [4.78, 5) is 19.2. The molecule has 0 fully saturated rings. The molecule has 0 spiro atoms. The zero-order chi connectivity index (χ0) is 18.5. The molecule has 4 rings (SSSR count). The zero-order valence-corrected chi connectivity index (χ0v) is 15.7. The molecule has 1 atom stereocenters. The molecule has 3 heterocycles. The lowest BCUT2D eigenvalue weighted by atomic mass is 9.96. The Labute approximate surface area is 160 Å². The summed E-state index contributed by atoms with van der Waals surface area (Å²) in [6.07, 6.45) is 11.4. The van der Waals surface area contributed by atoms with Crippen LogP contribution in [-0.2, 0) is 22.7 Å². The fourth-order valence-electron chi connectivity index (χ4n) is 4.00. The minimum absolute atomic E-state index is 0.150. The van der Waals surface area contributed by atoms with E-state index in [1.807, 2.05) is 23.1 Å². The summed E-state index contributed by atoms with van der Waals surface area (Å²) in [5, 5.41) is 0. The Morgan fingerprint density at radius 2 is 2.19 bits per heavy atom. The molecule has 0 N–H and O–H groups in total. The van der Waals surface area contributed by atoms with Crippen LogP contribution < -0.4 is 0 Å². The quantitative estimate of drug-likeness (QED) is 0.730. The van der Waals surface area contributed by atoms with Gasteiger partial charge in [0.25, 0.3) is 0 Å². The van der Waals surface area contributed by atoms with Crippen LogP contribution >= 0.6 is 0 Å². The van der Waals surface area contributed by atoms with Crippen molar-refractivity contribution in [3.05, 3.63) is 65.8 Å². The molecule has 5 heteroatoms. The average Bonchev–Trinajstić information content (AvgIpc) is 3.18. The van der Waals surface area contributed by atoms with E-state index in [0.29, 0.717) is 32.7 Å². The van der Waals surface area contributed by atoms with Gasteiger partial charge in [-0.25, -0.2) is 0 Å². The summed E-state index contributed by atoms with van der Waals surface area (Å²) >= 11 is 0. The highest BCUT2D eigenvalue weighted by Crippen LogP contribution is 2.26. The van der Waals surface area contributed by atoms with Gasteiger partial charge < -0.3 is 14.2 Å². The first-order chi connectivity index (χ1) is 13.3. The van der Waals surface area contributed by atoms with E-state index in [-0.39, 0.29) is 11.9 Å². The summed E-state index contributed by atoms with van der Waals surface area (Å²) in [7, 11) is 0. The van der Waals surface area contributed by atoms with Gasteiger partial charge >= 0.3 is 0 Å². The van der Waals surface area contributed by atoms with Gasteiger partial charge in [-0.2, -0.15) is 0 Å². The minimum Gasteiger partial charge on any atom is -0.373 e. The van der Waals surface area contributed by atoms with Gasteiger partial charge in [-0.3, -0.25) is 9.78 Å². The molecule has 0 bridgehead atoms. The predicted molar refractivity (Wildman–Crippen MR) is 104 cm³/mol. The highest BCUT2D eigenvalue weighted by atomic mass is 16.5. The Kier molecular flexibility index (Phi) is 5.68. The molecule has 0 saturated heterocycles. The Morgan fingerprint density at radius 1 is 1.22 bits per heavy atom. The van der Waals surface area contributed by atoms with E-state index in [2.05, 4.69) is 34.0 Å². The van der Waals surface area contributed by atoms with Gasteiger partial charge in [0, 0.05) is 31.1 Å². The van der Waals surface area contributed by atoms with Crippen molar-refractivity contribution in [1.82, 2.24) is 14.5 Å². The van der Waals surface area contributed by atoms with Crippen LogP contribution in [0.5, 0.6) is 0 Å². The summed E-state index contributed by atoms with van der Waals surface area (Å²) in [5.41, 5.74) is 3.42. The van der Waals surface area contributed by atoms with Crippen molar-refractivity contribution in [2.75, 3.05) is 13.2 Å². The van der Waals surface area contributed by atoms with E-state index < -0.39 is 0 Å². The van der Waals surface area contributed by atoms with Crippen molar-refractivity contribution in [3.8, 4) is 0 Å². The second kappa shape index (κ2) is 8.53. The van der Waals surface area contributed by atoms with Crippen LogP contribution in [0.2, 0.25) is 0 Å². The van der Waals surface area contributed by atoms with Gasteiger partial charge in [0.05, 0.1) is 31.5 Å². The van der Waals surface area contributed by atoms with Crippen LogP contribution in [0.25, 0.3) is 0 Å². The maximum atomic E-state index is 12.9. The fourth-order valence-corrected chi connectivity index (χ4v) is 4.00. The van der Waals surface area contributed by atoms with Crippen molar-refractivity contribution >= 4 is 5.91 Å². The highest BCUT2D eigenvalue weighted by Gasteiger charge is 2.28. The van der Waals surface area contributed by atoms with Gasteiger partial charge in [-0.05, 0) is 49.9 Å². The number of carbonyl (C=O) groups is 1. The van der Waals surface area contributed by atoms with Crippen LogP contribution in [0.15, 0.2) is 54.4 Å². The molecule has 5 nitrogen and oxygen atoms in total. The second-order valence-electron chi connectivity index (χ2n) is 7.46.